The lowest BCUT2D eigenvalue weighted by Crippen LogP contribution is -2.46. The van der Waals surface area contributed by atoms with Gasteiger partial charge in [0.25, 0.3) is 0 Å². The number of aromatic nitrogens is 2. The van der Waals surface area contributed by atoms with E-state index in [0.29, 0.717) is 5.95 Å². The largest absolute Gasteiger partial charge is 0.368 e. The summed E-state index contributed by atoms with van der Waals surface area (Å²) in [6.45, 7) is 9.58. The Labute approximate surface area is 96.3 Å². The Hall–Kier alpha value is -1.36. The normalized spacial score (nSPS) is 17.8. The molecule has 1 aliphatic heterocycles. The van der Waals surface area contributed by atoms with Crippen molar-refractivity contribution < 1.29 is 0 Å². The van der Waals surface area contributed by atoms with E-state index in [1.165, 1.54) is 0 Å². The van der Waals surface area contributed by atoms with Gasteiger partial charge in [0, 0.05) is 37.9 Å². The molecular weight excluding hydrogens is 202 g/mol. The second kappa shape index (κ2) is 4.65. The summed E-state index contributed by atoms with van der Waals surface area (Å²) in [4.78, 5) is 13.0. The van der Waals surface area contributed by atoms with Gasteiger partial charge < -0.3 is 15.5 Å². The van der Waals surface area contributed by atoms with Gasteiger partial charge in [-0.3, -0.25) is 0 Å². The van der Waals surface area contributed by atoms with Gasteiger partial charge in [0.05, 0.1) is 0 Å². The molecule has 5 nitrogen and oxygen atoms in total. The van der Waals surface area contributed by atoms with Gasteiger partial charge in [0.15, 0.2) is 0 Å². The number of hydrogen-bond donors (Lipinski definition) is 1. The fraction of sp³-hybridized carbons (Fsp3) is 0.636. The first-order valence-corrected chi connectivity index (χ1v) is 5.77. The first kappa shape index (κ1) is 11.1. The zero-order chi connectivity index (χ0) is 11.5. The number of piperazine rings is 1. The van der Waals surface area contributed by atoms with Crippen LogP contribution in [0.25, 0.3) is 0 Å². The monoisotopic (exact) mass is 221 g/mol. The molecule has 16 heavy (non-hydrogen) atoms. The lowest BCUT2D eigenvalue weighted by atomic mass is 10.2. The molecule has 2 N–H and O–H groups in total. The average molecular weight is 221 g/mol. The van der Waals surface area contributed by atoms with Crippen LogP contribution in [0.2, 0.25) is 0 Å². The van der Waals surface area contributed by atoms with Crippen LogP contribution in [0, 0.1) is 6.92 Å². The molecule has 2 rings (SSSR count). The minimum absolute atomic E-state index is 0.360. The molecule has 1 fully saturated rings. The standard InChI is InChI=1S/C11H19N5/c1-3-15-4-6-16(7-5-15)10-9(2)8-13-11(12)14-10/h8H,3-7H2,1-2H3,(H2,12,13,14). The van der Waals surface area contributed by atoms with Gasteiger partial charge >= 0.3 is 0 Å². The van der Waals surface area contributed by atoms with Crippen molar-refractivity contribution in [3.05, 3.63) is 11.8 Å². The second-order valence-electron chi connectivity index (χ2n) is 4.16. The van der Waals surface area contributed by atoms with Gasteiger partial charge in [-0.05, 0) is 13.5 Å². The maximum Gasteiger partial charge on any atom is 0.221 e. The average Bonchev–Trinajstić information content (AvgIpc) is 2.32. The molecule has 1 aromatic heterocycles. The minimum Gasteiger partial charge on any atom is -0.368 e. The summed E-state index contributed by atoms with van der Waals surface area (Å²) in [6, 6.07) is 0. The first-order valence-electron chi connectivity index (χ1n) is 5.77. The predicted molar refractivity (Wildman–Crippen MR) is 65.5 cm³/mol. The zero-order valence-electron chi connectivity index (χ0n) is 9.98. The Balaban J connectivity index is 2.10. The molecule has 0 aromatic carbocycles. The maximum absolute atomic E-state index is 5.63. The van der Waals surface area contributed by atoms with Crippen LogP contribution in [0.3, 0.4) is 0 Å². The highest BCUT2D eigenvalue weighted by Gasteiger charge is 2.18. The molecule has 0 amide bonds. The van der Waals surface area contributed by atoms with E-state index < -0.39 is 0 Å². The van der Waals surface area contributed by atoms with Gasteiger partial charge in [0.1, 0.15) is 5.82 Å². The van der Waals surface area contributed by atoms with E-state index in [1.54, 1.807) is 6.20 Å². The molecule has 5 heteroatoms. The number of rotatable bonds is 2. The summed E-state index contributed by atoms with van der Waals surface area (Å²) in [6.07, 6.45) is 1.80. The van der Waals surface area contributed by atoms with E-state index in [0.717, 1.165) is 44.1 Å². The van der Waals surface area contributed by atoms with E-state index in [1.807, 2.05) is 6.92 Å². The minimum atomic E-state index is 0.360. The third kappa shape index (κ3) is 2.24. The zero-order valence-corrected chi connectivity index (χ0v) is 9.98. The van der Waals surface area contributed by atoms with Crippen molar-refractivity contribution in [1.29, 1.82) is 0 Å². The van der Waals surface area contributed by atoms with Crippen molar-refractivity contribution in [1.82, 2.24) is 14.9 Å². The number of anilines is 2. The lowest BCUT2D eigenvalue weighted by Gasteiger charge is -2.35. The summed E-state index contributed by atoms with van der Waals surface area (Å²) in [5, 5.41) is 0. The number of likely N-dealkylation sites (N-methyl/N-ethyl adjacent to an activating group) is 1. The molecule has 0 atom stereocenters. The van der Waals surface area contributed by atoms with Crippen LogP contribution in [-0.2, 0) is 0 Å². The third-order valence-electron chi connectivity index (χ3n) is 3.08. The molecule has 0 spiro atoms. The van der Waals surface area contributed by atoms with Gasteiger partial charge in [-0.2, -0.15) is 4.98 Å². The van der Waals surface area contributed by atoms with Crippen molar-refractivity contribution in [2.75, 3.05) is 43.4 Å². The lowest BCUT2D eigenvalue weighted by molar-refractivity contribution is 0.270. The van der Waals surface area contributed by atoms with Crippen molar-refractivity contribution in [2.24, 2.45) is 0 Å². The fourth-order valence-corrected chi connectivity index (χ4v) is 2.04. The number of hydrogen-bond acceptors (Lipinski definition) is 5. The number of nitrogens with two attached hydrogens (primary N) is 1. The van der Waals surface area contributed by atoms with Gasteiger partial charge in [-0.1, -0.05) is 6.92 Å². The third-order valence-corrected chi connectivity index (χ3v) is 3.08. The summed E-state index contributed by atoms with van der Waals surface area (Å²) in [5.74, 6) is 1.35. The SMILES string of the molecule is CCN1CCN(c2nc(N)ncc2C)CC1. The van der Waals surface area contributed by atoms with Crippen LogP contribution >= 0.6 is 0 Å². The van der Waals surface area contributed by atoms with E-state index in [4.69, 9.17) is 5.73 Å². The van der Waals surface area contributed by atoms with Crippen LogP contribution in [0.5, 0.6) is 0 Å². The van der Waals surface area contributed by atoms with E-state index >= 15 is 0 Å². The van der Waals surface area contributed by atoms with E-state index in [9.17, 15) is 0 Å². The molecule has 0 saturated carbocycles. The topological polar surface area (TPSA) is 58.3 Å². The molecular formula is C11H19N5. The van der Waals surface area contributed by atoms with Crippen molar-refractivity contribution >= 4 is 11.8 Å². The number of nitrogens with zero attached hydrogens (tertiary/aromatic N) is 4. The Bertz CT molecular complexity index is 357. The van der Waals surface area contributed by atoms with Crippen LogP contribution in [0.1, 0.15) is 12.5 Å². The molecule has 0 radical (unpaired) electrons. The highest BCUT2D eigenvalue weighted by molar-refractivity contribution is 5.48. The second-order valence-corrected chi connectivity index (χ2v) is 4.16. The van der Waals surface area contributed by atoms with Gasteiger partial charge in [0.2, 0.25) is 5.95 Å². The van der Waals surface area contributed by atoms with E-state index in [2.05, 4.69) is 26.7 Å². The number of aryl methyl sites for hydroxylation is 1. The van der Waals surface area contributed by atoms with Crippen LogP contribution in [-0.4, -0.2) is 47.6 Å². The summed E-state index contributed by atoms with van der Waals surface area (Å²) < 4.78 is 0. The van der Waals surface area contributed by atoms with Crippen molar-refractivity contribution in [3.8, 4) is 0 Å². The Morgan fingerprint density at radius 3 is 2.62 bits per heavy atom. The van der Waals surface area contributed by atoms with Crippen molar-refractivity contribution in [3.63, 3.8) is 0 Å². The Morgan fingerprint density at radius 1 is 1.31 bits per heavy atom. The number of nitrogen functional groups attached to an aromatic ring is 1. The van der Waals surface area contributed by atoms with Gasteiger partial charge in [-0.25, -0.2) is 4.98 Å². The van der Waals surface area contributed by atoms with Crippen molar-refractivity contribution in [2.45, 2.75) is 13.8 Å². The van der Waals surface area contributed by atoms with Crippen LogP contribution < -0.4 is 10.6 Å². The summed E-state index contributed by atoms with van der Waals surface area (Å²) >= 11 is 0. The first-order chi connectivity index (χ1) is 7.70. The molecule has 1 aromatic rings. The van der Waals surface area contributed by atoms with E-state index in [-0.39, 0.29) is 0 Å². The molecule has 0 aliphatic carbocycles. The smallest absolute Gasteiger partial charge is 0.221 e. The molecule has 1 aliphatic rings. The summed E-state index contributed by atoms with van der Waals surface area (Å²) in [5.41, 5.74) is 6.72. The Morgan fingerprint density at radius 2 is 2.00 bits per heavy atom. The van der Waals surface area contributed by atoms with Crippen LogP contribution in [0.15, 0.2) is 6.20 Å². The highest BCUT2D eigenvalue weighted by atomic mass is 15.3. The fourth-order valence-electron chi connectivity index (χ4n) is 2.04. The molecule has 0 bridgehead atoms. The predicted octanol–water partition coefficient (Wildman–Crippen LogP) is 0.509. The quantitative estimate of drug-likeness (QED) is 0.788. The molecule has 2 heterocycles. The van der Waals surface area contributed by atoms with Gasteiger partial charge in [-0.15, -0.1) is 0 Å². The van der Waals surface area contributed by atoms with Crippen LogP contribution in [0.4, 0.5) is 11.8 Å². The highest BCUT2D eigenvalue weighted by Crippen LogP contribution is 2.18. The maximum atomic E-state index is 5.63. The Kier molecular flexibility index (Phi) is 3.24. The molecule has 88 valence electrons. The molecule has 1 saturated heterocycles. The molecule has 0 unspecified atom stereocenters. The summed E-state index contributed by atoms with van der Waals surface area (Å²) in [7, 11) is 0.